The molecule has 2 atom stereocenters. The van der Waals surface area contributed by atoms with E-state index >= 15 is 0 Å². The molecule has 2 unspecified atom stereocenters. The van der Waals surface area contributed by atoms with Crippen molar-refractivity contribution in [1.29, 1.82) is 0 Å². The summed E-state index contributed by atoms with van der Waals surface area (Å²) in [6.07, 6.45) is 2.79. The number of carbonyl (C=O) groups excluding carboxylic acids is 1. The number of carboxylic acids is 1. The maximum Gasteiger partial charge on any atom is 0.329 e. The molecular formula is C14H24N2O3. The summed E-state index contributed by atoms with van der Waals surface area (Å²) >= 11 is 0. The Balaban J connectivity index is 1.95. The summed E-state index contributed by atoms with van der Waals surface area (Å²) < 4.78 is 0. The van der Waals surface area contributed by atoms with Crippen molar-refractivity contribution >= 4 is 12.0 Å². The summed E-state index contributed by atoms with van der Waals surface area (Å²) in [4.78, 5) is 25.4. The van der Waals surface area contributed by atoms with Gasteiger partial charge in [0.25, 0.3) is 0 Å². The van der Waals surface area contributed by atoms with E-state index in [1.165, 1.54) is 0 Å². The van der Waals surface area contributed by atoms with Crippen LogP contribution in [-0.2, 0) is 4.79 Å². The Bertz CT molecular complexity index is 379. The molecule has 1 aliphatic carbocycles. The zero-order valence-corrected chi connectivity index (χ0v) is 12.0. The second-order valence-corrected chi connectivity index (χ2v) is 6.45. The topological polar surface area (TPSA) is 69.6 Å². The minimum absolute atomic E-state index is 0.0810. The highest BCUT2D eigenvalue weighted by Gasteiger charge is 2.49. The van der Waals surface area contributed by atoms with Crippen molar-refractivity contribution in [3.63, 3.8) is 0 Å². The third-order valence-electron chi connectivity index (χ3n) is 4.66. The molecule has 0 bridgehead atoms. The lowest BCUT2D eigenvalue weighted by atomic mass is 9.95. The maximum absolute atomic E-state index is 12.2. The zero-order valence-electron chi connectivity index (χ0n) is 12.0. The van der Waals surface area contributed by atoms with Gasteiger partial charge in [0.2, 0.25) is 0 Å². The Morgan fingerprint density at radius 3 is 2.37 bits per heavy atom. The molecule has 1 saturated carbocycles. The van der Waals surface area contributed by atoms with Gasteiger partial charge in [-0.25, -0.2) is 9.59 Å². The number of amides is 2. The van der Waals surface area contributed by atoms with Crippen LogP contribution in [0, 0.1) is 17.8 Å². The first-order chi connectivity index (χ1) is 8.84. The van der Waals surface area contributed by atoms with Gasteiger partial charge in [-0.2, -0.15) is 0 Å². The number of nitrogens with zero attached hydrogens (tertiary/aromatic N) is 1. The normalized spacial score (nSPS) is 26.3. The quantitative estimate of drug-likeness (QED) is 0.818. The maximum atomic E-state index is 12.2. The molecule has 0 aromatic heterocycles. The lowest BCUT2D eigenvalue weighted by molar-refractivity contribution is -0.144. The van der Waals surface area contributed by atoms with Gasteiger partial charge in [0.05, 0.1) is 0 Å². The molecule has 2 rings (SSSR count). The summed E-state index contributed by atoms with van der Waals surface area (Å²) in [5.74, 6) is 0.246. The molecule has 2 N–H and O–H groups in total. The Morgan fingerprint density at radius 2 is 1.95 bits per heavy atom. The van der Waals surface area contributed by atoms with Gasteiger partial charge in [-0.05, 0) is 43.9 Å². The fourth-order valence-corrected chi connectivity index (χ4v) is 2.81. The highest BCUT2D eigenvalue weighted by Crippen LogP contribution is 2.40. The predicted molar refractivity (Wildman–Crippen MR) is 71.8 cm³/mol. The van der Waals surface area contributed by atoms with Gasteiger partial charge in [-0.15, -0.1) is 0 Å². The highest BCUT2D eigenvalue weighted by molar-refractivity contribution is 5.86. The van der Waals surface area contributed by atoms with Gasteiger partial charge in [0.15, 0.2) is 0 Å². The number of aliphatic carboxylic acids is 1. The van der Waals surface area contributed by atoms with Crippen LogP contribution in [0.5, 0.6) is 0 Å². The van der Waals surface area contributed by atoms with Crippen LogP contribution in [0.1, 0.15) is 40.0 Å². The molecular weight excluding hydrogens is 244 g/mol. The van der Waals surface area contributed by atoms with Crippen LogP contribution in [0.3, 0.4) is 0 Å². The molecule has 1 heterocycles. The van der Waals surface area contributed by atoms with Crippen molar-refractivity contribution in [3.05, 3.63) is 0 Å². The molecule has 2 amide bonds. The molecule has 2 aliphatic rings. The molecule has 0 aromatic rings. The summed E-state index contributed by atoms with van der Waals surface area (Å²) in [6.45, 7) is 7.43. The first-order valence-corrected chi connectivity index (χ1v) is 7.15. The molecule has 0 aromatic carbocycles. The monoisotopic (exact) mass is 268 g/mol. The molecule has 19 heavy (non-hydrogen) atoms. The Kier molecular flexibility index (Phi) is 3.74. The number of carbonyl (C=O) groups is 2. The average molecular weight is 268 g/mol. The number of nitrogens with one attached hydrogen (secondary N) is 1. The van der Waals surface area contributed by atoms with Gasteiger partial charge in [0, 0.05) is 13.1 Å². The molecule has 108 valence electrons. The van der Waals surface area contributed by atoms with Crippen LogP contribution in [0.25, 0.3) is 0 Å². The van der Waals surface area contributed by atoms with Gasteiger partial charge in [-0.1, -0.05) is 13.8 Å². The molecule has 1 aliphatic heterocycles. The molecule has 5 heteroatoms. The van der Waals surface area contributed by atoms with E-state index in [1.54, 1.807) is 11.8 Å². The molecule has 2 fully saturated rings. The van der Waals surface area contributed by atoms with Gasteiger partial charge >= 0.3 is 12.0 Å². The lowest BCUT2D eigenvalue weighted by Gasteiger charge is -2.29. The smallest absolute Gasteiger partial charge is 0.329 e. The SMILES string of the molecule is CC(C)C1CCN(C(=O)NC(C)(C(=O)O)C2CC2)C1. The van der Waals surface area contributed by atoms with E-state index in [0.717, 1.165) is 32.4 Å². The van der Waals surface area contributed by atoms with Crippen LogP contribution >= 0.6 is 0 Å². The van der Waals surface area contributed by atoms with Crippen molar-refractivity contribution in [3.8, 4) is 0 Å². The fourth-order valence-electron chi connectivity index (χ4n) is 2.81. The first kappa shape index (κ1) is 14.2. The van der Waals surface area contributed by atoms with Crippen molar-refractivity contribution in [2.75, 3.05) is 13.1 Å². The number of rotatable bonds is 4. The van der Waals surface area contributed by atoms with Crippen LogP contribution in [0.2, 0.25) is 0 Å². The molecule has 0 radical (unpaired) electrons. The third kappa shape index (κ3) is 2.85. The summed E-state index contributed by atoms with van der Waals surface area (Å²) in [7, 11) is 0. The van der Waals surface area contributed by atoms with Crippen molar-refractivity contribution in [2.24, 2.45) is 17.8 Å². The second-order valence-electron chi connectivity index (χ2n) is 6.45. The minimum Gasteiger partial charge on any atom is -0.480 e. The average Bonchev–Trinajstić information content (AvgIpc) is 3.06. The van der Waals surface area contributed by atoms with Crippen molar-refractivity contribution in [1.82, 2.24) is 10.2 Å². The highest BCUT2D eigenvalue weighted by atomic mass is 16.4. The van der Waals surface area contributed by atoms with E-state index < -0.39 is 11.5 Å². The zero-order chi connectivity index (χ0) is 14.2. The third-order valence-corrected chi connectivity index (χ3v) is 4.66. The van der Waals surface area contributed by atoms with Crippen LogP contribution in [0.15, 0.2) is 0 Å². The Hall–Kier alpha value is -1.26. The van der Waals surface area contributed by atoms with Crippen LogP contribution in [-0.4, -0.2) is 40.6 Å². The van der Waals surface area contributed by atoms with E-state index in [1.807, 2.05) is 0 Å². The van der Waals surface area contributed by atoms with Crippen LogP contribution < -0.4 is 5.32 Å². The lowest BCUT2D eigenvalue weighted by Crippen LogP contribution is -2.57. The van der Waals surface area contributed by atoms with E-state index in [2.05, 4.69) is 19.2 Å². The predicted octanol–water partition coefficient (Wildman–Crippen LogP) is 1.93. The number of hydrogen-bond donors (Lipinski definition) is 2. The van der Waals surface area contributed by atoms with Gasteiger partial charge in [-0.3, -0.25) is 0 Å². The minimum atomic E-state index is -1.10. The van der Waals surface area contributed by atoms with E-state index in [9.17, 15) is 14.7 Å². The van der Waals surface area contributed by atoms with E-state index in [0.29, 0.717) is 11.8 Å². The van der Waals surface area contributed by atoms with Crippen molar-refractivity contribution in [2.45, 2.75) is 45.6 Å². The second kappa shape index (κ2) is 5.02. The number of hydrogen-bond acceptors (Lipinski definition) is 2. The first-order valence-electron chi connectivity index (χ1n) is 7.15. The number of carboxylic acid groups (broad SMARTS) is 1. The Morgan fingerprint density at radius 1 is 1.32 bits per heavy atom. The van der Waals surface area contributed by atoms with E-state index in [-0.39, 0.29) is 11.9 Å². The molecule has 0 spiro atoms. The van der Waals surface area contributed by atoms with Gasteiger partial charge < -0.3 is 15.3 Å². The van der Waals surface area contributed by atoms with Crippen molar-refractivity contribution < 1.29 is 14.7 Å². The number of urea groups is 1. The fraction of sp³-hybridized carbons (Fsp3) is 0.857. The Labute approximate surface area is 114 Å². The van der Waals surface area contributed by atoms with Gasteiger partial charge in [0.1, 0.15) is 5.54 Å². The summed E-state index contributed by atoms with van der Waals surface area (Å²) in [5, 5.41) is 12.1. The molecule has 1 saturated heterocycles. The number of likely N-dealkylation sites (tertiary alicyclic amines) is 1. The standard InChI is InChI=1S/C14H24N2O3/c1-9(2)10-6-7-16(8-10)13(19)15-14(3,12(17)18)11-4-5-11/h9-11H,4-8H2,1-3H3,(H,15,19)(H,17,18). The molecule has 5 nitrogen and oxygen atoms in total. The largest absolute Gasteiger partial charge is 0.480 e. The summed E-state index contributed by atoms with van der Waals surface area (Å²) in [5.41, 5.74) is -1.10. The summed E-state index contributed by atoms with van der Waals surface area (Å²) in [6, 6.07) is -0.222. The van der Waals surface area contributed by atoms with Crippen LogP contribution in [0.4, 0.5) is 4.79 Å². The van der Waals surface area contributed by atoms with E-state index in [4.69, 9.17) is 0 Å².